The maximum absolute atomic E-state index is 12.8. The van der Waals surface area contributed by atoms with E-state index in [0.29, 0.717) is 18.0 Å². The predicted molar refractivity (Wildman–Crippen MR) is 88.7 cm³/mol. The molecule has 118 valence electrons. The minimum Gasteiger partial charge on any atom is -0.367 e. The van der Waals surface area contributed by atoms with E-state index in [-0.39, 0.29) is 11.6 Å². The van der Waals surface area contributed by atoms with Gasteiger partial charge in [0.25, 0.3) is 11.8 Å². The Bertz CT molecular complexity index is 765. The van der Waals surface area contributed by atoms with Crippen LogP contribution in [0.3, 0.4) is 0 Å². The molecule has 7 heteroatoms. The van der Waals surface area contributed by atoms with Gasteiger partial charge in [0, 0.05) is 30.3 Å². The summed E-state index contributed by atoms with van der Waals surface area (Å²) in [6, 6.07) is 7.72. The van der Waals surface area contributed by atoms with Crippen LogP contribution in [0.2, 0.25) is 0 Å². The molecule has 0 spiro atoms. The zero-order chi connectivity index (χ0) is 16.4. The SMILES string of the molecule is Cc1cccc(-c2nccnc2C(=O)N2CCSC2C(N)=O)c1. The predicted octanol–water partition coefficient (Wildman–Crippen LogP) is 1.45. The largest absolute Gasteiger partial charge is 0.367 e. The van der Waals surface area contributed by atoms with Crippen LogP contribution >= 0.6 is 11.8 Å². The van der Waals surface area contributed by atoms with E-state index in [1.165, 1.54) is 22.9 Å². The Hall–Kier alpha value is -2.41. The molecular weight excluding hydrogens is 312 g/mol. The molecule has 1 saturated heterocycles. The highest BCUT2D eigenvalue weighted by Gasteiger charge is 2.35. The molecule has 0 bridgehead atoms. The van der Waals surface area contributed by atoms with Crippen molar-refractivity contribution in [3.8, 4) is 11.3 Å². The normalized spacial score (nSPS) is 17.3. The van der Waals surface area contributed by atoms with Crippen molar-refractivity contribution < 1.29 is 9.59 Å². The third kappa shape index (κ3) is 3.05. The Morgan fingerprint density at radius 3 is 2.83 bits per heavy atom. The van der Waals surface area contributed by atoms with Crippen LogP contribution in [0.5, 0.6) is 0 Å². The summed E-state index contributed by atoms with van der Waals surface area (Å²) in [7, 11) is 0. The van der Waals surface area contributed by atoms with Gasteiger partial charge in [-0.25, -0.2) is 4.98 Å². The summed E-state index contributed by atoms with van der Waals surface area (Å²) in [5.74, 6) is -0.149. The molecule has 0 aliphatic carbocycles. The molecule has 23 heavy (non-hydrogen) atoms. The molecule has 1 unspecified atom stereocenters. The Morgan fingerprint density at radius 1 is 1.30 bits per heavy atom. The van der Waals surface area contributed by atoms with Crippen LogP contribution in [0.25, 0.3) is 11.3 Å². The van der Waals surface area contributed by atoms with Crippen LogP contribution in [0.4, 0.5) is 0 Å². The fourth-order valence-electron chi connectivity index (χ4n) is 2.55. The molecule has 1 atom stereocenters. The number of thioether (sulfide) groups is 1. The van der Waals surface area contributed by atoms with Gasteiger partial charge >= 0.3 is 0 Å². The highest BCUT2D eigenvalue weighted by atomic mass is 32.2. The van der Waals surface area contributed by atoms with E-state index in [4.69, 9.17) is 5.73 Å². The highest BCUT2D eigenvalue weighted by molar-refractivity contribution is 8.00. The van der Waals surface area contributed by atoms with E-state index < -0.39 is 11.3 Å². The summed E-state index contributed by atoms with van der Waals surface area (Å²) < 4.78 is 0. The number of hydrogen-bond donors (Lipinski definition) is 1. The number of carbonyl (C=O) groups is 2. The average Bonchev–Trinajstić information content (AvgIpc) is 3.04. The monoisotopic (exact) mass is 328 g/mol. The van der Waals surface area contributed by atoms with Gasteiger partial charge in [0.2, 0.25) is 0 Å². The second kappa shape index (κ2) is 6.37. The molecule has 1 fully saturated rings. The van der Waals surface area contributed by atoms with Crippen molar-refractivity contribution in [2.24, 2.45) is 5.73 Å². The van der Waals surface area contributed by atoms with Gasteiger partial charge in [0.15, 0.2) is 11.1 Å². The number of nitrogens with two attached hydrogens (primary N) is 1. The number of hydrogen-bond acceptors (Lipinski definition) is 5. The standard InChI is InChI=1S/C16H16N4O2S/c1-10-3-2-4-11(9-10)12-13(19-6-5-18-12)15(22)20-7-8-23-16(20)14(17)21/h2-6,9,16H,7-8H2,1H3,(H2,17,21). The molecule has 2 N–H and O–H groups in total. The lowest BCUT2D eigenvalue weighted by Gasteiger charge is -2.21. The number of rotatable bonds is 3. The molecule has 1 aromatic carbocycles. The van der Waals surface area contributed by atoms with Gasteiger partial charge in [0.05, 0.1) is 0 Å². The first-order chi connectivity index (χ1) is 11.1. The Balaban J connectivity index is 2.00. The maximum atomic E-state index is 12.8. The zero-order valence-electron chi connectivity index (χ0n) is 12.6. The lowest BCUT2D eigenvalue weighted by atomic mass is 10.1. The van der Waals surface area contributed by atoms with Gasteiger partial charge in [0.1, 0.15) is 5.69 Å². The fraction of sp³-hybridized carbons (Fsp3) is 0.250. The molecule has 1 aliphatic heterocycles. The van der Waals surface area contributed by atoms with Gasteiger partial charge in [-0.05, 0) is 13.0 Å². The average molecular weight is 328 g/mol. The van der Waals surface area contributed by atoms with E-state index >= 15 is 0 Å². The molecule has 0 radical (unpaired) electrons. The first kappa shape index (κ1) is 15.5. The summed E-state index contributed by atoms with van der Waals surface area (Å²) in [6.07, 6.45) is 3.04. The van der Waals surface area contributed by atoms with E-state index in [9.17, 15) is 9.59 Å². The number of benzene rings is 1. The minimum absolute atomic E-state index is 0.242. The van der Waals surface area contributed by atoms with E-state index in [2.05, 4.69) is 9.97 Å². The van der Waals surface area contributed by atoms with Crippen LogP contribution in [0, 0.1) is 6.92 Å². The maximum Gasteiger partial charge on any atom is 0.276 e. The van der Waals surface area contributed by atoms with E-state index in [1.54, 1.807) is 6.20 Å². The lowest BCUT2D eigenvalue weighted by molar-refractivity contribution is -0.119. The topological polar surface area (TPSA) is 89.2 Å². The molecule has 6 nitrogen and oxygen atoms in total. The third-order valence-corrected chi connectivity index (χ3v) is 4.81. The number of carbonyl (C=O) groups excluding carboxylic acids is 2. The van der Waals surface area contributed by atoms with Crippen LogP contribution < -0.4 is 5.73 Å². The van der Waals surface area contributed by atoms with Crippen molar-refractivity contribution in [3.05, 3.63) is 47.9 Å². The number of nitrogens with zero attached hydrogens (tertiary/aromatic N) is 3. The van der Waals surface area contributed by atoms with Crippen molar-refractivity contribution in [2.45, 2.75) is 12.3 Å². The number of aryl methyl sites for hydroxylation is 1. The lowest BCUT2D eigenvalue weighted by Crippen LogP contribution is -2.43. The molecule has 3 rings (SSSR count). The van der Waals surface area contributed by atoms with Crippen LogP contribution in [-0.2, 0) is 4.79 Å². The third-order valence-electron chi connectivity index (χ3n) is 3.59. The summed E-state index contributed by atoms with van der Waals surface area (Å²) in [6.45, 7) is 2.45. The summed E-state index contributed by atoms with van der Waals surface area (Å²) in [4.78, 5) is 34.4. The van der Waals surface area contributed by atoms with Gasteiger partial charge < -0.3 is 10.6 Å². The van der Waals surface area contributed by atoms with Crippen LogP contribution in [0.15, 0.2) is 36.7 Å². The molecule has 2 heterocycles. The van der Waals surface area contributed by atoms with Crippen LogP contribution in [0.1, 0.15) is 16.1 Å². The van der Waals surface area contributed by atoms with Gasteiger partial charge in [-0.3, -0.25) is 14.6 Å². The number of primary amides is 1. The van der Waals surface area contributed by atoms with E-state index in [0.717, 1.165) is 11.1 Å². The zero-order valence-corrected chi connectivity index (χ0v) is 13.4. The summed E-state index contributed by atoms with van der Waals surface area (Å²) in [5, 5.41) is -0.644. The van der Waals surface area contributed by atoms with Crippen LogP contribution in [-0.4, -0.2) is 44.4 Å². The van der Waals surface area contributed by atoms with Gasteiger partial charge in [-0.1, -0.05) is 23.8 Å². The molecule has 1 aliphatic rings. The first-order valence-electron chi connectivity index (χ1n) is 7.18. The molecule has 2 amide bonds. The smallest absolute Gasteiger partial charge is 0.276 e. The number of aromatic nitrogens is 2. The quantitative estimate of drug-likeness (QED) is 0.921. The van der Waals surface area contributed by atoms with Crippen molar-refractivity contribution in [1.82, 2.24) is 14.9 Å². The molecule has 0 saturated carbocycles. The first-order valence-corrected chi connectivity index (χ1v) is 8.23. The minimum atomic E-state index is -0.644. The Labute approximate surface area is 138 Å². The van der Waals surface area contributed by atoms with Crippen molar-refractivity contribution >= 4 is 23.6 Å². The Kier molecular flexibility index (Phi) is 4.29. The van der Waals surface area contributed by atoms with Crippen molar-refractivity contribution in [3.63, 3.8) is 0 Å². The number of amides is 2. The second-order valence-corrected chi connectivity index (χ2v) is 6.44. The second-order valence-electron chi connectivity index (χ2n) is 5.25. The summed E-state index contributed by atoms with van der Waals surface area (Å²) >= 11 is 1.37. The van der Waals surface area contributed by atoms with Crippen molar-refractivity contribution in [1.29, 1.82) is 0 Å². The van der Waals surface area contributed by atoms with Gasteiger partial charge in [-0.2, -0.15) is 0 Å². The Morgan fingerprint density at radius 2 is 2.09 bits per heavy atom. The molecule has 2 aromatic rings. The highest BCUT2D eigenvalue weighted by Crippen LogP contribution is 2.28. The van der Waals surface area contributed by atoms with Crippen molar-refractivity contribution in [2.75, 3.05) is 12.3 Å². The molecular formula is C16H16N4O2S. The molecule has 1 aromatic heterocycles. The van der Waals surface area contributed by atoms with Gasteiger partial charge in [-0.15, -0.1) is 11.8 Å². The fourth-order valence-corrected chi connectivity index (χ4v) is 3.62. The van der Waals surface area contributed by atoms with E-state index in [1.807, 2.05) is 31.2 Å². The summed E-state index contributed by atoms with van der Waals surface area (Å²) in [5.41, 5.74) is 8.03.